The number of hydrogen-bond donors (Lipinski definition) is 0. The highest BCUT2D eigenvalue weighted by Gasteiger charge is 2.19. The van der Waals surface area contributed by atoms with Crippen molar-refractivity contribution in [1.82, 2.24) is 0 Å². The van der Waals surface area contributed by atoms with Crippen LogP contribution >= 0.6 is 11.6 Å². The predicted octanol–water partition coefficient (Wildman–Crippen LogP) is 3.39. The van der Waals surface area contributed by atoms with Gasteiger partial charge in [0.1, 0.15) is 6.61 Å². The third-order valence-electron chi connectivity index (χ3n) is 3.07. The Morgan fingerprint density at radius 1 is 1.08 bits per heavy atom. The summed E-state index contributed by atoms with van der Waals surface area (Å²) < 4.78 is 9.62. The number of carbonyl (C=O) groups excluding carboxylic acids is 2. The molecule has 0 N–H and O–H groups in total. The normalized spacial score (nSPS) is 10.1. The van der Waals surface area contributed by atoms with Crippen molar-refractivity contribution in [2.75, 3.05) is 7.11 Å². The highest BCUT2D eigenvalue weighted by Crippen LogP contribution is 2.19. The van der Waals surface area contributed by atoms with E-state index >= 15 is 0 Å². The van der Waals surface area contributed by atoms with Gasteiger partial charge in [-0.2, -0.15) is 0 Å². The number of nitro groups is 1. The molecule has 2 aromatic carbocycles. The zero-order valence-corrected chi connectivity index (χ0v) is 13.3. The summed E-state index contributed by atoms with van der Waals surface area (Å²) in [7, 11) is 1.14. The maximum Gasteiger partial charge on any atom is 0.338 e. The van der Waals surface area contributed by atoms with Crippen LogP contribution in [0.3, 0.4) is 0 Å². The predicted molar refractivity (Wildman–Crippen MR) is 85.0 cm³/mol. The van der Waals surface area contributed by atoms with Crippen molar-refractivity contribution >= 4 is 29.2 Å². The van der Waals surface area contributed by atoms with Gasteiger partial charge in [-0.1, -0.05) is 23.7 Å². The highest BCUT2D eigenvalue weighted by molar-refractivity contribution is 6.30. The number of methoxy groups -OCH3 is 1. The summed E-state index contributed by atoms with van der Waals surface area (Å²) >= 11 is 5.76. The van der Waals surface area contributed by atoms with E-state index in [1.807, 2.05) is 0 Å². The fourth-order valence-corrected chi connectivity index (χ4v) is 2.01. The first-order valence-corrected chi connectivity index (χ1v) is 7.08. The van der Waals surface area contributed by atoms with Gasteiger partial charge >= 0.3 is 11.9 Å². The number of nitro benzene ring substituents is 1. The van der Waals surface area contributed by atoms with E-state index < -0.39 is 22.5 Å². The van der Waals surface area contributed by atoms with Crippen molar-refractivity contribution < 1.29 is 24.0 Å². The summed E-state index contributed by atoms with van der Waals surface area (Å²) in [5, 5.41) is 11.5. The minimum Gasteiger partial charge on any atom is -0.465 e. The fourth-order valence-electron chi connectivity index (χ4n) is 1.88. The Labute approximate surface area is 141 Å². The van der Waals surface area contributed by atoms with Crippen molar-refractivity contribution in [2.45, 2.75) is 6.61 Å². The van der Waals surface area contributed by atoms with E-state index in [2.05, 4.69) is 4.74 Å². The lowest BCUT2D eigenvalue weighted by atomic mass is 10.1. The van der Waals surface area contributed by atoms with E-state index in [9.17, 15) is 19.7 Å². The lowest BCUT2D eigenvalue weighted by Crippen LogP contribution is -2.09. The van der Waals surface area contributed by atoms with E-state index in [0.29, 0.717) is 10.6 Å². The standard InChI is InChI=1S/C16H12ClNO6/c1-23-15(19)11-6-12(8-14(7-11)18(21)22)16(20)24-9-10-2-4-13(17)5-3-10/h2-8H,9H2,1H3. The molecule has 0 unspecified atom stereocenters. The topological polar surface area (TPSA) is 95.7 Å². The van der Waals surface area contributed by atoms with E-state index in [1.54, 1.807) is 24.3 Å². The Morgan fingerprint density at radius 3 is 2.21 bits per heavy atom. The molecule has 0 atom stereocenters. The summed E-state index contributed by atoms with van der Waals surface area (Å²) in [4.78, 5) is 33.9. The molecule has 0 radical (unpaired) electrons. The summed E-state index contributed by atoms with van der Waals surface area (Å²) in [5.74, 6) is -1.58. The van der Waals surface area contributed by atoms with Crippen LogP contribution in [0.15, 0.2) is 42.5 Å². The average Bonchev–Trinajstić information content (AvgIpc) is 2.59. The van der Waals surface area contributed by atoms with Crippen LogP contribution in [-0.4, -0.2) is 24.0 Å². The first-order valence-electron chi connectivity index (χ1n) is 6.70. The Balaban J connectivity index is 2.21. The number of halogens is 1. The lowest BCUT2D eigenvalue weighted by molar-refractivity contribution is -0.384. The molecule has 0 aliphatic carbocycles. The van der Waals surface area contributed by atoms with Crippen LogP contribution in [0.1, 0.15) is 26.3 Å². The molecule has 2 rings (SSSR count). The number of hydrogen-bond acceptors (Lipinski definition) is 6. The van der Waals surface area contributed by atoms with Crippen LogP contribution in [0.2, 0.25) is 5.02 Å². The maximum atomic E-state index is 12.1. The summed E-state index contributed by atoms with van der Waals surface area (Å²) in [5.41, 5.74) is 0.0754. The third kappa shape index (κ3) is 4.30. The molecule has 0 aliphatic heterocycles. The molecular weight excluding hydrogens is 338 g/mol. The van der Waals surface area contributed by atoms with Gasteiger partial charge in [-0.15, -0.1) is 0 Å². The highest BCUT2D eigenvalue weighted by atomic mass is 35.5. The number of rotatable bonds is 5. The minimum atomic E-state index is -0.793. The monoisotopic (exact) mass is 349 g/mol. The molecule has 0 saturated heterocycles. The number of carbonyl (C=O) groups is 2. The zero-order chi connectivity index (χ0) is 17.7. The van der Waals surface area contributed by atoms with Crippen LogP contribution in [-0.2, 0) is 16.1 Å². The van der Waals surface area contributed by atoms with Crippen molar-refractivity contribution in [3.8, 4) is 0 Å². The molecule has 8 heteroatoms. The van der Waals surface area contributed by atoms with Crippen LogP contribution < -0.4 is 0 Å². The molecule has 0 spiro atoms. The van der Waals surface area contributed by atoms with Gasteiger partial charge in [0.05, 0.1) is 23.2 Å². The minimum absolute atomic E-state index is 0.0355. The molecule has 0 amide bonds. The first-order chi connectivity index (χ1) is 11.4. The molecule has 0 fully saturated rings. The van der Waals surface area contributed by atoms with Gasteiger partial charge in [0.15, 0.2) is 0 Å². The number of benzene rings is 2. The van der Waals surface area contributed by atoms with E-state index in [4.69, 9.17) is 16.3 Å². The van der Waals surface area contributed by atoms with Crippen LogP contribution in [0.25, 0.3) is 0 Å². The number of esters is 2. The summed E-state index contributed by atoms with van der Waals surface area (Å²) in [6.07, 6.45) is 0. The molecule has 0 aliphatic rings. The second-order valence-electron chi connectivity index (χ2n) is 4.72. The quantitative estimate of drug-likeness (QED) is 0.466. The third-order valence-corrected chi connectivity index (χ3v) is 3.32. The molecule has 0 heterocycles. The van der Waals surface area contributed by atoms with E-state index in [0.717, 1.165) is 19.2 Å². The van der Waals surface area contributed by atoms with Gasteiger partial charge in [0.25, 0.3) is 5.69 Å². The first kappa shape index (κ1) is 17.4. The van der Waals surface area contributed by atoms with Gasteiger partial charge in [-0.3, -0.25) is 10.1 Å². The molecule has 0 aromatic heterocycles. The SMILES string of the molecule is COC(=O)c1cc(C(=O)OCc2ccc(Cl)cc2)cc([N+](=O)[O-])c1. The number of ether oxygens (including phenoxy) is 2. The van der Waals surface area contributed by atoms with Crippen molar-refractivity contribution in [2.24, 2.45) is 0 Å². The van der Waals surface area contributed by atoms with Crippen LogP contribution in [0.4, 0.5) is 5.69 Å². The Morgan fingerprint density at radius 2 is 1.67 bits per heavy atom. The lowest BCUT2D eigenvalue weighted by Gasteiger charge is -2.07. The van der Waals surface area contributed by atoms with Gasteiger partial charge in [0.2, 0.25) is 0 Å². The Hall–Kier alpha value is -2.93. The fraction of sp³-hybridized carbons (Fsp3) is 0.125. The maximum absolute atomic E-state index is 12.1. The molecule has 0 saturated carbocycles. The smallest absolute Gasteiger partial charge is 0.338 e. The molecule has 0 bridgehead atoms. The summed E-state index contributed by atoms with van der Waals surface area (Å²) in [6.45, 7) is -0.0355. The molecular formula is C16H12ClNO6. The zero-order valence-electron chi connectivity index (χ0n) is 12.5. The van der Waals surface area contributed by atoms with E-state index in [-0.39, 0.29) is 17.7 Å². The average molecular weight is 350 g/mol. The molecule has 7 nitrogen and oxygen atoms in total. The second kappa shape index (κ2) is 7.56. The Bertz CT molecular complexity index is 788. The van der Waals surface area contributed by atoms with E-state index in [1.165, 1.54) is 6.07 Å². The number of non-ortho nitro benzene ring substituents is 1. The summed E-state index contributed by atoms with van der Waals surface area (Å²) in [6, 6.07) is 9.91. The Kier molecular flexibility index (Phi) is 5.49. The molecule has 124 valence electrons. The van der Waals surface area contributed by atoms with Crippen molar-refractivity contribution in [3.63, 3.8) is 0 Å². The number of nitrogens with zero attached hydrogens (tertiary/aromatic N) is 1. The largest absolute Gasteiger partial charge is 0.465 e. The second-order valence-corrected chi connectivity index (χ2v) is 5.16. The van der Waals surface area contributed by atoms with Crippen LogP contribution in [0.5, 0.6) is 0 Å². The van der Waals surface area contributed by atoms with Gasteiger partial charge in [-0.25, -0.2) is 9.59 Å². The van der Waals surface area contributed by atoms with Crippen LogP contribution in [0, 0.1) is 10.1 Å². The van der Waals surface area contributed by atoms with Gasteiger partial charge in [0, 0.05) is 17.2 Å². The van der Waals surface area contributed by atoms with Gasteiger partial charge in [-0.05, 0) is 23.8 Å². The van der Waals surface area contributed by atoms with Crippen molar-refractivity contribution in [1.29, 1.82) is 0 Å². The molecule has 24 heavy (non-hydrogen) atoms. The van der Waals surface area contributed by atoms with Gasteiger partial charge < -0.3 is 9.47 Å². The molecule has 2 aromatic rings. The van der Waals surface area contributed by atoms with Crippen molar-refractivity contribution in [3.05, 3.63) is 74.3 Å².